The van der Waals surface area contributed by atoms with Gasteiger partial charge in [-0.2, -0.15) is 0 Å². The van der Waals surface area contributed by atoms with Gasteiger partial charge in [0, 0.05) is 6.42 Å². The standard InChI is InChI=1S/C15H18N4O2/c1-4-15(20)17-14-8-7-13(18-19-14)16-11-9-10(2)5-6-12(11)21-3/h5-9H,4H2,1-3H3,(H,16,18)(H,17,19,20). The average Bonchev–Trinajstić information content (AvgIpc) is 2.49. The molecule has 0 spiro atoms. The third-order valence-electron chi connectivity index (χ3n) is 2.87. The third-order valence-corrected chi connectivity index (χ3v) is 2.87. The highest BCUT2D eigenvalue weighted by Gasteiger charge is 2.06. The number of hydrogen-bond acceptors (Lipinski definition) is 5. The lowest BCUT2D eigenvalue weighted by atomic mass is 10.2. The normalized spacial score (nSPS) is 10.0. The topological polar surface area (TPSA) is 76.1 Å². The van der Waals surface area contributed by atoms with Gasteiger partial charge < -0.3 is 15.4 Å². The summed E-state index contributed by atoms with van der Waals surface area (Å²) in [7, 11) is 1.62. The van der Waals surface area contributed by atoms with Crippen LogP contribution in [0.1, 0.15) is 18.9 Å². The van der Waals surface area contributed by atoms with E-state index in [0.717, 1.165) is 17.0 Å². The van der Waals surface area contributed by atoms with E-state index in [9.17, 15) is 4.79 Å². The van der Waals surface area contributed by atoms with Crippen LogP contribution in [0, 0.1) is 6.92 Å². The monoisotopic (exact) mass is 286 g/mol. The van der Waals surface area contributed by atoms with E-state index < -0.39 is 0 Å². The number of nitrogens with one attached hydrogen (secondary N) is 2. The molecule has 6 heteroatoms. The number of ether oxygens (including phenoxy) is 1. The number of amides is 1. The Morgan fingerprint density at radius 3 is 2.52 bits per heavy atom. The van der Waals surface area contributed by atoms with Crippen LogP contribution in [0.5, 0.6) is 5.75 Å². The smallest absolute Gasteiger partial charge is 0.225 e. The summed E-state index contributed by atoms with van der Waals surface area (Å²) in [6.45, 7) is 3.78. The number of rotatable bonds is 5. The molecular weight excluding hydrogens is 268 g/mol. The molecule has 0 atom stereocenters. The van der Waals surface area contributed by atoms with Crippen molar-refractivity contribution in [2.24, 2.45) is 0 Å². The van der Waals surface area contributed by atoms with Gasteiger partial charge in [0.15, 0.2) is 11.6 Å². The lowest BCUT2D eigenvalue weighted by Gasteiger charge is -2.11. The Morgan fingerprint density at radius 1 is 1.19 bits per heavy atom. The van der Waals surface area contributed by atoms with Crippen LogP contribution in [0.2, 0.25) is 0 Å². The number of anilines is 3. The number of carbonyl (C=O) groups is 1. The highest BCUT2D eigenvalue weighted by molar-refractivity contribution is 5.89. The van der Waals surface area contributed by atoms with Crippen LogP contribution in [0.25, 0.3) is 0 Å². The van der Waals surface area contributed by atoms with Gasteiger partial charge in [-0.05, 0) is 36.8 Å². The van der Waals surface area contributed by atoms with E-state index >= 15 is 0 Å². The molecule has 0 aliphatic rings. The molecule has 21 heavy (non-hydrogen) atoms. The first kappa shape index (κ1) is 14.8. The summed E-state index contributed by atoms with van der Waals surface area (Å²) < 4.78 is 5.30. The Labute approximate surface area is 123 Å². The molecule has 6 nitrogen and oxygen atoms in total. The van der Waals surface area contributed by atoms with Crippen molar-refractivity contribution in [2.45, 2.75) is 20.3 Å². The zero-order valence-corrected chi connectivity index (χ0v) is 12.3. The Kier molecular flexibility index (Phi) is 4.71. The van der Waals surface area contributed by atoms with Crippen molar-refractivity contribution >= 4 is 23.2 Å². The molecule has 110 valence electrons. The molecule has 1 heterocycles. The number of benzene rings is 1. The summed E-state index contributed by atoms with van der Waals surface area (Å²) in [5.41, 5.74) is 1.93. The van der Waals surface area contributed by atoms with E-state index in [1.807, 2.05) is 25.1 Å². The Hall–Kier alpha value is -2.63. The number of aryl methyl sites for hydroxylation is 1. The van der Waals surface area contributed by atoms with Gasteiger partial charge in [0.05, 0.1) is 12.8 Å². The molecule has 1 aromatic carbocycles. The number of aromatic nitrogens is 2. The lowest BCUT2D eigenvalue weighted by Crippen LogP contribution is -2.11. The molecule has 0 saturated carbocycles. The fourth-order valence-electron chi connectivity index (χ4n) is 1.75. The van der Waals surface area contributed by atoms with E-state index in [0.29, 0.717) is 18.1 Å². The summed E-state index contributed by atoms with van der Waals surface area (Å²) >= 11 is 0. The second-order valence-corrected chi connectivity index (χ2v) is 4.53. The minimum atomic E-state index is -0.0923. The largest absolute Gasteiger partial charge is 0.495 e. The molecule has 1 aromatic heterocycles. The number of nitrogens with zero attached hydrogens (tertiary/aromatic N) is 2. The van der Waals surface area contributed by atoms with Gasteiger partial charge in [-0.25, -0.2) is 0 Å². The van der Waals surface area contributed by atoms with E-state index in [-0.39, 0.29) is 5.91 Å². The molecule has 0 radical (unpaired) electrons. The Balaban J connectivity index is 2.13. The van der Waals surface area contributed by atoms with Crippen molar-refractivity contribution in [3.05, 3.63) is 35.9 Å². The van der Waals surface area contributed by atoms with Crippen LogP contribution in [0.3, 0.4) is 0 Å². The Bertz CT molecular complexity index is 626. The van der Waals surface area contributed by atoms with Gasteiger partial charge in [0.1, 0.15) is 5.75 Å². The van der Waals surface area contributed by atoms with Crippen LogP contribution < -0.4 is 15.4 Å². The van der Waals surface area contributed by atoms with Crippen LogP contribution in [-0.4, -0.2) is 23.2 Å². The van der Waals surface area contributed by atoms with Gasteiger partial charge in [0.25, 0.3) is 0 Å². The molecule has 0 aliphatic carbocycles. The van der Waals surface area contributed by atoms with Crippen LogP contribution in [0.15, 0.2) is 30.3 Å². The predicted octanol–water partition coefficient (Wildman–Crippen LogP) is 2.89. The fraction of sp³-hybridized carbons (Fsp3) is 0.267. The van der Waals surface area contributed by atoms with Gasteiger partial charge in [-0.3, -0.25) is 4.79 Å². The van der Waals surface area contributed by atoms with Crippen molar-refractivity contribution in [2.75, 3.05) is 17.7 Å². The van der Waals surface area contributed by atoms with Crippen molar-refractivity contribution < 1.29 is 9.53 Å². The fourth-order valence-corrected chi connectivity index (χ4v) is 1.75. The zero-order chi connectivity index (χ0) is 15.2. The van der Waals surface area contributed by atoms with Crippen molar-refractivity contribution in [1.82, 2.24) is 10.2 Å². The second kappa shape index (κ2) is 6.69. The van der Waals surface area contributed by atoms with Crippen molar-refractivity contribution in [3.63, 3.8) is 0 Å². The molecule has 1 amide bonds. The summed E-state index contributed by atoms with van der Waals surface area (Å²) in [6.07, 6.45) is 0.405. The first-order chi connectivity index (χ1) is 10.1. The predicted molar refractivity (Wildman–Crippen MR) is 82.0 cm³/mol. The molecule has 0 unspecified atom stereocenters. The molecule has 0 fully saturated rings. The van der Waals surface area contributed by atoms with Crippen molar-refractivity contribution in [3.8, 4) is 5.75 Å². The molecule has 0 aliphatic heterocycles. The highest BCUT2D eigenvalue weighted by Crippen LogP contribution is 2.27. The molecule has 2 N–H and O–H groups in total. The first-order valence-electron chi connectivity index (χ1n) is 6.67. The van der Waals surface area contributed by atoms with Gasteiger partial charge in [-0.15, -0.1) is 10.2 Å². The SMILES string of the molecule is CCC(=O)Nc1ccc(Nc2cc(C)ccc2OC)nn1. The average molecular weight is 286 g/mol. The first-order valence-corrected chi connectivity index (χ1v) is 6.67. The molecule has 0 bridgehead atoms. The quantitative estimate of drug-likeness (QED) is 0.884. The van der Waals surface area contributed by atoms with E-state index in [1.165, 1.54) is 0 Å². The number of methoxy groups -OCH3 is 1. The highest BCUT2D eigenvalue weighted by atomic mass is 16.5. The maximum absolute atomic E-state index is 11.3. The molecule has 2 aromatic rings. The number of carbonyl (C=O) groups excluding carboxylic acids is 1. The summed E-state index contributed by atoms with van der Waals surface area (Å²) in [5.74, 6) is 1.65. The molecule has 0 saturated heterocycles. The lowest BCUT2D eigenvalue weighted by molar-refractivity contribution is -0.115. The second-order valence-electron chi connectivity index (χ2n) is 4.53. The minimum absolute atomic E-state index is 0.0923. The maximum Gasteiger partial charge on any atom is 0.225 e. The zero-order valence-electron chi connectivity index (χ0n) is 12.3. The summed E-state index contributed by atoms with van der Waals surface area (Å²) in [6, 6.07) is 9.28. The third kappa shape index (κ3) is 3.92. The Morgan fingerprint density at radius 2 is 1.90 bits per heavy atom. The maximum atomic E-state index is 11.3. The van der Waals surface area contributed by atoms with Crippen LogP contribution in [0.4, 0.5) is 17.3 Å². The van der Waals surface area contributed by atoms with Crippen molar-refractivity contribution in [1.29, 1.82) is 0 Å². The van der Waals surface area contributed by atoms with Gasteiger partial charge in [0.2, 0.25) is 5.91 Å². The van der Waals surface area contributed by atoms with E-state index in [2.05, 4.69) is 20.8 Å². The van der Waals surface area contributed by atoms with Crippen LogP contribution >= 0.6 is 0 Å². The minimum Gasteiger partial charge on any atom is -0.495 e. The van der Waals surface area contributed by atoms with Gasteiger partial charge in [-0.1, -0.05) is 13.0 Å². The van der Waals surface area contributed by atoms with E-state index in [4.69, 9.17) is 4.74 Å². The van der Waals surface area contributed by atoms with Gasteiger partial charge >= 0.3 is 0 Å². The van der Waals surface area contributed by atoms with E-state index in [1.54, 1.807) is 26.2 Å². The molecular formula is C15H18N4O2. The summed E-state index contributed by atoms with van der Waals surface area (Å²) in [5, 5.41) is 13.8. The molecule has 2 rings (SSSR count). The van der Waals surface area contributed by atoms with Crippen LogP contribution in [-0.2, 0) is 4.79 Å². The summed E-state index contributed by atoms with van der Waals surface area (Å²) in [4.78, 5) is 11.3. The number of hydrogen-bond donors (Lipinski definition) is 2.